The SMILES string of the molecule is N#Cc1c(N2C(=O)C3C4CCC(C4)N3C2=O)ccc2ccccc12. The van der Waals surface area contributed by atoms with Gasteiger partial charge in [0.2, 0.25) is 0 Å². The molecule has 0 radical (unpaired) electrons. The first kappa shape index (κ1) is 13.6. The molecule has 1 saturated carbocycles. The van der Waals surface area contributed by atoms with Gasteiger partial charge in [-0.1, -0.05) is 30.3 Å². The van der Waals surface area contributed by atoms with E-state index in [0.717, 1.165) is 30.0 Å². The van der Waals surface area contributed by atoms with Crippen LogP contribution in [0.15, 0.2) is 36.4 Å². The molecule has 2 saturated heterocycles. The number of nitriles is 1. The molecule has 2 heterocycles. The molecule has 24 heavy (non-hydrogen) atoms. The van der Waals surface area contributed by atoms with Crippen LogP contribution in [0.25, 0.3) is 10.8 Å². The van der Waals surface area contributed by atoms with Crippen molar-refractivity contribution in [2.24, 2.45) is 5.92 Å². The molecule has 3 fully saturated rings. The molecular weight excluding hydrogens is 302 g/mol. The molecule has 5 nitrogen and oxygen atoms in total. The predicted molar refractivity (Wildman–Crippen MR) is 88.3 cm³/mol. The number of fused-ring (bicyclic) bond motifs is 6. The Labute approximate surface area is 139 Å². The van der Waals surface area contributed by atoms with Gasteiger partial charge in [0.15, 0.2) is 0 Å². The molecule has 0 aromatic heterocycles. The summed E-state index contributed by atoms with van der Waals surface area (Å²) < 4.78 is 0. The van der Waals surface area contributed by atoms with Crippen LogP contribution in [0.4, 0.5) is 10.5 Å². The van der Waals surface area contributed by atoms with E-state index in [2.05, 4.69) is 6.07 Å². The molecule has 5 heteroatoms. The Hall–Kier alpha value is -2.87. The lowest BCUT2D eigenvalue weighted by Gasteiger charge is -2.25. The van der Waals surface area contributed by atoms with Crippen LogP contribution in [-0.4, -0.2) is 28.9 Å². The molecule has 2 aromatic carbocycles. The molecule has 2 aromatic rings. The van der Waals surface area contributed by atoms with E-state index in [-0.39, 0.29) is 29.9 Å². The van der Waals surface area contributed by atoms with Crippen LogP contribution in [0.5, 0.6) is 0 Å². The summed E-state index contributed by atoms with van der Waals surface area (Å²) in [6.45, 7) is 0. The normalized spacial score (nSPS) is 27.9. The molecule has 3 amide bonds. The average Bonchev–Trinajstić information content (AvgIpc) is 3.28. The standard InChI is InChI=1S/C19H15N3O2/c20-10-15-14-4-2-1-3-11(14)6-8-16(15)22-18(23)17-12-5-7-13(9-12)21(17)19(22)24/h1-4,6,8,12-13,17H,5,7,9H2. The number of hydrogen-bond acceptors (Lipinski definition) is 3. The fourth-order valence-electron chi connectivity index (χ4n) is 4.71. The number of benzene rings is 2. The zero-order valence-corrected chi connectivity index (χ0v) is 13.0. The minimum atomic E-state index is -0.325. The Kier molecular flexibility index (Phi) is 2.58. The van der Waals surface area contributed by atoms with Gasteiger partial charge < -0.3 is 4.90 Å². The van der Waals surface area contributed by atoms with Crippen LogP contribution in [-0.2, 0) is 4.79 Å². The highest BCUT2D eigenvalue weighted by Crippen LogP contribution is 2.47. The molecule has 3 aliphatic rings. The van der Waals surface area contributed by atoms with E-state index in [9.17, 15) is 14.9 Å². The third-order valence-corrected chi connectivity index (χ3v) is 5.73. The maximum Gasteiger partial charge on any atom is 0.332 e. The van der Waals surface area contributed by atoms with Crippen molar-refractivity contribution >= 4 is 28.4 Å². The maximum atomic E-state index is 12.9. The Bertz CT molecular complexity index is 917. The summed E-state index contributed by atoms with van der Waals surface area (Å²) in [7, 11) is 0. The molecule has 2 bridgehead atoms. The van der Waals surface area contributed by atoms with Crippen LogP contribution in [0.1, 0.15) is 24.8 Å². The number of hydrogen-bond donors (Lipinski definition) is 0. The molecule has 0 spiro atoms. The molecule has 3 unspecified atom stereocenters. The van der Waals surface area contributed by atoms with Crippen molar-refractivity contribution in [2.45, 2.75) is 31.3 Å². The molecule has 0 N–H and O–H groups in total. The summed E-state index contributed by atoms with van der Waals surface area (Å²) in [6, 6.07) is 12.9. The highest BCUT2D eigenvalue weighted by molar-refractivity contribution is 6.23. The van der Waals surface area contributed by atoms with Crippen LogP contribution >= 0.6 is 0 Å². The third-order valence-electron chi connectivity index (χ3n) is 5.73. The monoisotopic (exact) mass is 317 g/mol. The van der Waals surface area contributed by atoms with E-state index in [1.54, 1.807) is 11.0 Å². The number of carbonyl (C=O) groups is 2. The van der Waals surface area contributed by atoms with Gasteiger partial charge in [0.1, 0.15) is 12.1 Å². The van der Waals surface area contributed by atoms with E-state index < -0.39 is 0 Å². The lowest BCUT2D eigenvalue weighted by molar-refractivity contribution is -0.120. The first-order chi connectivity index (χ1) is 11.7. The number of imide groups is 1. The van der Waals surface area contributed by atoms with Crippen molar-refractivity contribution in [3.63, 3.8) is 0 Å². The number of carbonyl (C=O) groups excluding carboxylic acids is 2. The number of rotatable bonds is 1. The van der Waals surface area contributed by atoms with Crippen molar-refractivity contribution < 1.29 is 9.59 Å². The summed E-state index contributed by atoms with van der Waals surface area (Å²) in [4.78, 5) is 28.9. The van der Waals surface area contributed by atoms with Crippen molar-refractivity contribution in [3.05, 3.63) is 42.0 Å². The number of nitrogens with zero attached hydrogens (tertiary/aromatic N) is 3. The summed E-state index contributed by atoms with van der Waals surface area (Å²) in [5.41, 5.74) is 0.809. The second-order valence-corrected chi connectivity index (χ2v) is 6.83. The first-order valence-corrected chi connectivity index (χ1v) is 8.29. The largest absolute Gasteiger partial charge is 0.332 e. The van der Waals surface area contributed by atoms with Gasteiger partial charge in [0.05, 0.1) is 11.3 Å². The van der Waals surface area contributed by atoms with Gasteiger partial charge in [-0.3, -0.25) is 4.79 Å². The summed E-state index contributed by atoms with van der Waals surface area (Å²) in [5.74, 6) is 0.112. The molecule has 118 valence electrons. The Balaban J connectivity index is 1.67. The van der Waals surface area contributed by atoms with E-state index in [4.69, 9.17) is 0 Å². The highest BCUT2D eigenvalue weighted by Gasteiger charge is 2.59. The van der Waals surface area contributed by atoms with Crippen LogP contribution in [0.3, 0.4) is 0 Å². The van der Waals surface area contributed by atoms with Crippen molar-refractivity contribution in [1.29, 1.82) is 5.26 Å². The average molecular weight is 317 g/mol. The fourth-order valence-corrected chi connectivity index (χ4v) is 4.71. The van der Waals surface area contributed by atoms with Crippen LogP contribution in [0.2, 0.25) is 0 Å². The zero-order valence-electron chi connectivity index (χ0n) is 13.0. The van der Waals surface area contributed by atoms with E-state index in [1.165, 1.54) is 4.90 Å². The van der Waals surface area contributed by atoms with Crippen LogP contribution in [0, 0.1) is 17.2 Å². The zero-order chi connectivity index (χ0) is 16.4. The van der Waals surface area contributed by atoms with E-state index in [0.29, 0.717) is 11.3 Å². The number of anilines is 1. The van der Waals surface area contributed by atoms with E-state index >= 15 is 0 Å². The Morgan fingerprint density at radius 3 is 2.71 bits per heavy atom. The number of urea groups is 1. The van der Waals surface area contributed by atoms with Gasteiger partial charge in [-0.15, -0.1) is 0 Å². The number of piperidine rings is 1. The molecule has 5 rings (SSSR count). The quantitative estimate of drug-likeness (QED) is 0.759. The van der Waals surface area contributed by atoms with Gasteiger partial charge in [-0.25, -0.2) is 9.69 Å². The minimum Gasteiger partial charge on any atom is -0.309 e. The van der Waals surface area contributed by atoms with Gasteiger partial charge in [0, 0.05) is 11.4 Å². The Morgan fingerprint density at radius 1 is 1.08 bits per heavy atom. The smallest absolute Gasteiger partial charge is 0.309 e. The van der Waals surface area contributed by atoms with Crippen molar-refractivity contribution in [3.8, 4) is 6.07 Å². The third kappa shape index (κ3) is 1.53. The van der Waals surface area contributed by atoms with Crippen molar-refractivity contribution in [2.75, 3.05) is 4.90 Å². The molecule has 1 aliphatic carbocycles. The minimum absolute atomic E-state index is 0.168. The fraction of sp³-hybridized carbons (Fsp3) is 0.316. The lowest BCUT2D eigenvalue weighted by atomic mass is 9.98. The highest BCUT2D eigenvalue weighted by atomic mass is 16.2. The first-order valence-electron chi connectivity index (χ1n) is 8.29. The van der Waals surface area contributed by atoms with Gasteiger partial charge in [-0.2, -0.15) is 5.26 Å². The second-order valence-electron chi connectivity index (χ2n) is 6.83. The molecule has 3 atom stereocenters. The second kappa shape index (κ2) is 4.57. The summed E-state index contributed by atoms with van der Waals surface area (Å²) >= 11 is 0. The topological polar surface area (TPSA) is 64.4 Å². The van der Waals surface area contributed by atoms with Crippen LogP contribution < -0.4 is 4.90 Å². The van der Waals surface area contributed by atoms with E-state index in [1.807, 2.05) is 30.3 Å². The summed E-state index contributed by atoms with van der Waals surface area (Å²) in [5, 5.41) is 11.4. The lowest BCUT2D eigenvalue weighted by Crippen LogP contribution is -2.40. The van der Waals surface area contributed by atoms with Gasteiger partial charge in [0.25, 0.3) is 5.91 Å². The molecular formula is C19H15N3O2. The molecule has 2 aliphatic heterocycles. The van der Waals surface area contributed by atoms with Gasteiger partial charge >= 0.3 is 6.03 Å². The van der Waals surface area contributed by atoms with Crippen molar-refractivity contribution in [1.82, 2.24) is 4.90 Å². The summed E-state index contributed by atoms with van der Waals surface area (Å²) in [6.07, 6.45) is 2.94. The number of amides is 3. The predicted octanol–water partition coefficient (Wildman–Crippen LogP) is 3.03. The maximum absolute atomic E-state index is 12.9. The Morgan fingerprint density at radius 2 is 1.92 bits per heavy atom. The van der Waals surface area contributed by atoms with Gasteiger partial charge in [-0.05, 0) is 36.6 Å².